The number of ether oxygens (including phenoxy) is 2. The molecule has 0 aliphatic heterocycles. The van der Waals surface area contributed by atoms with Gasteiger partial charge in [0.15, 0.2) is 0 Å². The molecule has 1 rings (SSSR count). The predicted molar refractivity (Wildman–Crippen MR) is 88.2 cm³/mol. The number of amides is 1. The van der Waals surface area contributed by atoms with Gasteiger partial charge in [0.1, 0.15) is 11.4 Å². The number of methoxy groups -OCH3 is 1. The van der Waals surface area contributed by atoms with Gasteiger partial charge in [0.25, 0.3) is 0 Å². The molecule has 1 aromatic carbocycles. The van der Waals surface area contributed by atoms with Crippen LogP contribution in [0.4, 0.5) is 14.9 Å². The molecule has 0 bridgehead atoms. The third-order valence-corrected chi connectivity index (χ3v) is 3.23. The van der Waals surface area contributed by atoms with E-state index in [1.54, 1.807) is 20.8 Å². The van der Waals surface area contributed by atoms with Crippen LogP contribution in [0.5, 0.6) is 0 Å². The molecule has 128 valence electrons. The van der Waals surface area contributed by atoms with Crippen LogP contribution < -0.4 is 10.6 Å². The monoisotopic (exact) mass is 390 g/mol. The van der Waals surface area contributed by atoms with Crippen LogP contribution in [0.2, 0.25) is 0 Å². The van der Waals surface area contributed by atoms with Gasteiger partial charge in [-0.3, -0.25) is 0 Å². The molecule has 0 radical (unpaired) electrons. The van der Waals surface area contributed by atoms with Gasteiger partial charge in [0.05, 0.1) is 18.4 Å². The van der Waals surface area contributed by atoms with Crippen molar-refractivity contribution in [3.05, 3.63) is 28.0 Å². The van der Waals surface area contributed by atoms with E-state index in [1.165, 1.54) is 13.2 Å². The molecule has 6 nitrogen and oxygen atoms in total. The molecular weight excluding hydrogens is 371 g/mol. The maximum atomic E-state index is 13.9. The maximum Gasteiger partial charge on any atom is 0.407 e. The Labute approximate surface area is 142 Å². The van der Waals surface area contributed by atoms with Crippen molar-refractivity contribution in [2.75, 3.05) is 25.5 Å². The number of carbonyl (C=O) groups is 2. The fourth-order valence-electron chi connectivity index (χ4n) is 1.62. The summed E-state index contributed by atoms with van der Waals surface area (Å²) < 4.78 is 24.0. The molecule has 8 heteroatoms. The number of alkyl carbamates (subject to hydrolysis) is 1. The van der Waals surface area contributed by atoms with Crippen LogP contribution >= 0.6 is 15.9 Å². The Hall–Kier alpha value is -1.83. The Morgan fingerprint density at radius 1 is 1.26 bits per heavy atom. The van der Waals surface area contributed by atoms with Gasteiger partial charge in [-0.25, -0.2) is 14.0 Å². The summed E-state index contributed by atoms with van der Waals surface area (Å²) in [6.07, 6.45) is -0.540. The number of esters is 1. The lowest BCUT2D eigenvalue weighted by molar-refractivity contribution is 0.0528. The molecule has 23 heavy (non-hydrogen) atoms. The number of anilines is 1. The van der Waals surface area contributed by atoms with E-state index >= 15 is 0 Å². The Morgan fingerprint density at radius 3 is 2.48 bits per heavy atom. The molecule has 2 N–H and O–H groups in total. The summed E-state index contributed by atoms with van der Waals surface area (Å²) in [7, 11) is 1.22. The molecule has 0 unspecified atom stereocenters. The summed E-state index contributed by atoms with van der Waals surface area (Å²) in [6, 6.07) is 2.52. The molecule has 0 saturated heterocycles. The molecule has 0 heterocycles. The van der Waals surface area contributed by atoms with Crippen LogP contribution in [0, 0.1) is 5.82 Å². The fraction of sp³-hybridized carbons (Fsp3) is 0.467. The first-order valence-electron chi connectivity index (χ1n) is 6.92. The van der Waals surface area contributed by atoms with Gasteiger partial charge in [-0.1, -0.05) is 0 Å². The molecular formula is C15H20BrFN2O4. The minimum Gasteiger partial charge on any atom is -0.465 e. The minimum atomic E-state index is -0.631. The van der Waals surface area contributed by atoms with E-state index in [4.69, 9.17) is 4.74 Å². The van der Waals surface area contributed by atoms with Gasteiger partial charge in [-0.05, 0) is 48.8 Å². The summed E-state index contributed by atoms with van der Waals surface area (Å²) >= 11 is 3.19. The number of benzene rings is 1. The van der Waals surface area contributed by atoms with Crippen LogP contribution in [0.3, 0.4) is 0 Å². The van der Waals surface area contributed by atoms with Crippen LogP contribution in [-0.2, 0) is 9.47 Å². The van der Waals surface area contributed by atoms with Crippen LogP contribution in [0.15, 0.2) is 16.6 Å². The molecule has 1 aromatic rings. The largest absolute Gasteiger partial charge is 0.465 e. The standard InChI is InChI=1S/C15H20BrFN2O4/c1-15(2,3)23-14(21)19-6-5-18-12-8-10(16)9(7-11(12)17)13(20)22-4/h7-8,18H,5-6H2,1-4H3,(H,19,21). The Kier molecular flexibility index (Phi) is 6.80. The van der Waals surface area contributed by atoms with Crippen molar-refractivity contribution in [2.24, 2.45) is 0 Å². The van der Waals surface area contributed by atoms with Crippen molar-refractivity contribution in [2.45, 2.75) is 26.4 Å². The Bertz CT molecular complexity index is 588. The molecule has 0 aromatic heterocycles. The first-order chi connectivity index (χ1) is 10.6. The van der Waals surface area contributed by atoms with Crippen LogP contribution in [0.1, 0.15) is 31.1 Å². The normalized spacial score (nSPS) is 10.9. The highest BCUT2D eigenvalue weighted by molar-refractivity contribution is 9.10. The molecule has 0 atom stereocenters. The van der Waals surface area contributed by atoms with Crippen molar-refractivity contribution in [3.8, 4) is 0 Å². The van der Waals surface area contributed by atoms with Gasteiger partial charge in [0.2, 0.25) is 0 Å². The summed E-state index contributed by atoms with van der Waals surface area (Å²) in [6.45, 7) is 5.84. The van der Waals surface area contributed by atoms with E-state index in [2.05, 4.69) is 31.3 Å². The van der Waals surface area contributed by atoms with Gasteiger partial charge in [-0.15, -0.1) is 0 Å². The summed E-state index contributed by atoms with van der Waals surface area (Å²) in [5, 5.41) is 5.38. The average molecular weight is 391 g/mol. The first-order valence-corrected chi connectivity index (χ1v) is 7.71. The third-order valence-electron chi connectivity index (χ3n) is 2.57. The average Bonchev–Trinajstić information content (AvgIpc) is 2.43. The van der Waals surface area contributed by atoms with E-state index in [0.29, 0.717) is 11.0 Å². The van der Waals surface area contributed by atoms with E-state index in [0.717, 1.165) is 6.07 Å². The van der Waals surface area contributed by atoms with Crippen molar-refractivity contribution in [1.82, 2.24) is 5.32 Å². The number of carbonyl (C=O) groups excluding carboxylic acids is 2. The quantitative estimate of drug-likeness (QED) is 0.595. The smallest absolute Gasteiger partial charge is 0.407 e. The van der Waals surface area contributed by atoms with E-state index in [-0.39, 0.29) is 17.8 Å². The molecule has 0 aliphatic carbocycles. The summed E-state index contributed by atoms with van der Waals surface area (Å²) in [4.78, 5) is 22.9. The first kappa shape index (κ1) is 19.2. The number of nitrogens with one attached hydrogen (secondary N) is 2. The molecule has 0 aliphatic rings. The second-order valence-electron chi connectivity index (χ2n) is 5.66. The highest BCUT2D eigenvalue weighted by Gasteiger charge is 2.16. The van der Waals surface area contributed by atoms with E-state index < -0.39 is 23.5 Å². The van der Waals surface area contributed by atoms with Crippen molar-refractivity contribution in [1.29, 1.82) is 0 Å². The van der Waals surface area contributed by atoms with Gasteiger partial charge in [-0.2, -0.15) is 0 Å². The number of hydrogen-bond donors (Lipinski definition) is 2. The Balaban J connectivity index is 2.54. The lowest BCUT2D eigenvalue weighted by atomic mass is 10.2. The predicted octanol–water partition coefficient (Wildman–Crippen LogP) is 3.31. The van der Waals surface area contributed by atoms with Gasteiger partial charge < -0.3 is 20.1 Å². The summed E-state index contributed by atoms with van der Waals surface area (Å²) in [5.74, 6) is -1.22. The number of hydrogen-bond acceptors (Lipinski definition) is 5. The topological polar surface area (TPSA) is 76.7 Å². The van der Waals surface area contributed by atoms with Crippen LogP contribution in [0.25, 0.3) is 0 Å². The lowest BCUT2D eigenvalue weighted by Crippen LogP contribution is -2.35. The van der Waals surface area contributed by atoms with E-state index in [9.17, 15) is 14.0 Å². The van der Waals surface area contributed by atoms with Crippen molar-refractivity contribution >= 4 is 33.7 Å². The van der Waals surface area contributed by atoms with Crippen LogP contribution in [-0.4, -0.2) is 37.9 Å². The number of halogens is 2. The minimum absolute atomic E-state index is 0.0995. The highest BCUT2D eigenvalue weighted by Crippen LogP contribution is 2.25. The van der Waals surface area contributed by atoms with Crippen molar-refractivity contribution < 1.29 is 23.5 Å². The molecule has 0 fully saturated rings. The molecule has 0 saturated carbocycles. The SMILES string of the molecule is COC(=O)c1cc(F)c(NCCNC(=O)OC(C)(C)C)cc1Br. The van der Waals surface area contributed by atoms with Gasteiger partial charge in [0, 0.05) is 17.6 Å². The number of rotatable bonds is 5. The second-order valence-corrected chi connectivity index (χ2v) is 6.51. The van der Waals surface area contributed by atoms with Gasteiger partial charge >= 0.3 is 12.1 Å². The fourth-order valence-corrected chi connectivity index (χ4v) is 2.13. The second kappa shape index (κ2) is 8.14. The zero-order valence-corrected chi connectivity index (χ0v) is 15.0. The molecule has 0 spiro atoms. The summed E-state index contributed by atoms with van der Waals surface area (Å²) in [5.41, 5.74) is -0.268. The lowest BCUT2D eigenvalue weighted by Gasteiger charge is -2.19. The van der Waals surface area contributed by atoms with Crippen molar-refractivity contribution in [3.63, 3.8) is 0 Å². The Morgan fingerprint density at radius 2 is 1.91 bits per heavy atom. The third kappa shape index (κ3) is 6.43. The zero-order chi connectivity index (χ0) is 17.6. The van der Waals surface area contributed by atoms with E-state index in [1.807, 2.05) is 0 Å². The highest BCUT2D eigenvalue weighted by atomic mass is 79.9. The maximum absolute atomic E-state index is 13.9. The zero-order valence-electron chi connectivity index (χ0n) is 13.5. The molecule has 1 amide bonds.